The lowest BCUT2D eigenvalue weighted by molar-refractivity contribution is -0.232. The number of allylic oxidation sites excluding steroid dienone is 1. The van der Waals surface area contributed by atoms with Crippen molar-refractivity contribution in [2.45, 2.75) is 77.9 Å². The normalized spacial score (nSPS) is 34.5. The quantitative estimate of drug-likeness (QED) is 0.172. The number of methoxy groups -OCH3 is 2. The van der Waals surface area contributed by atoms with Crippen molar-refractivity contribution in [1.82, 2.24) is 0 Å². The first-order valence-corrected chi connectivity index (χ1v) is 16.5. The van der Waals surface area contributed by atoms with Crippen LogP contribution in [0, 0.1) is 34.0 Å². The maximum Gasteiger partial charge on any atom is 0.342 e. The minimum atomic E-state index is -0.737. The van der Waals surface area contributed by atoms with Crippen LogP contribution in [0.25, 0.3) is 0 Å². The molecule has 8 heteroatoms. The molecule has 8 nitrogen and oxygen atoms in total. The van der Waals surface area contributed by atoms with E-state index in [1.807, 2.05) is 18.2 Å². The predicted octanol–water partition coefficient (Wildman–Crippen LogP) is 7.21. The summed E-state index contributed by atoms with van der Waals surface area (Å²) in [6.07, 6.45) is 4.97. The van der Waals surface area contributed by atoms with Crippen molar-refractivity contribution < 1.29 is 38.1 Å². The highest BCUT2D eigenvalue weighted by molar-refractivity contribution is 5.93. The Hall–Kier alpha value is -3.81. The first-order chi connectivity index (χ1) is 22.0. The molecule has 246 valence electrons. The van der Waals surface area contributed by atoms with E-state index in [2.05, 4.69) is 20.4 Å². The molecule has 2 bridgehead atoms. The largest absolute Gasteiger partial charge is 0.496 e. The van der Waals surface area contributed by atoms with Crippen LogP contribution in [0.3, 0.4) is 0 Å². The molecule has 46 heavy (non-hydrogen) atoms. The number of ether oxygens (including phenoxy) is 5. The molecule has 0 heterocycles. The highest BCUT2D eigenvalue weighted by atomic mass is 16.6. The molecule has 6 rings (SSSR count). The molecular formula is C38H46O8. The van der Waals surface area contributed by atoms with Crippen LogP contribution in [0.4, 0.5) is 0 Å². The monoisotopic (exact) mass is 630 g/mol. The Kier molecular flexibility index (Phi) is 8.45. The summed E-state index contributed by atoms with van der Waals surface area (Å²) in [7, 11) is 3.08. The van der Waals surface area contributed by atoms with Crippen molar-refractivity contribution in [2.24, 2.45) is 34.0 Å². The Morgan fingerprint density at radius 3 is 2.00 bits per heavy atom. The molecule has 4 aliphatic rings. The maximum atomic E-state index is 13.9. The maximum absolute atomic E-state index is 13.9. The fraction of sp³-hybridized carbons (Fsp3) is 0.553. The van der Waals surface area contributed by atoms with E-state index in [1.54, 1.807) is 37.4 Å². The average Bonchev–Trinajstić information content (AvgIpc) is 3.30. The summed E-state index contributed by atoms with van der Waals surface area (Å²) in [5, 5.41) is 0. The van der Waals surface area contributed by atoms with Gasteiger partial charge in [-0.15, -0.1) is 0 Å². The summed E-state index contributed by atoms with van der Waals surface area (Å²) in [5.74, 6) is 0.259. The molecule has 2 aromatic carbocycles. The lowest BCUT2D eigenvalue weighted by Gasteiger charge is -2.66. The van der Waals surface area contributed by atoms with Crippen molar-refractivity contribution in [3.05, 3.63) is 71.8 Å². The van der Waals surface area contributed by atoms with Crippen molar-refractivity contribution >= 4 is 17.9 Å². The molecule has 0 saturated heterocycles. The Bertz CT molecular complexity index is 1530. The molecule has 4 fully saturated rings. The van der Waals surface area contributed by atoms with Gasteiger partial charge < -0.3 is 23.7 Å². The molecule has 0 aliphatic heterocycles. The highest BCUT2D eigenvalue weighted by Gasteiger charge is 2.70. The van der Waals surface area contributed by atoms with Gasteiger partial charge in [-0.1, -0.05) is 50.3 Å². The summed E-state index contributed by atoms with van der Waals surface area (Å²) in [4.78, 5) is 39.8. The molecule has 1 spiro atoms. The van der Waals surface area contributed by atoms with E-state index in [0.29, 0.717) is 41.4 Å². The fourth-order valence-electron chi connectivity index (χ4n) is 10.1. The Morgan fingerprint density at radius 1 is 0.826 bits per heavy atom. The smallest absolute Gasteiger partial charge is 0.342 e. The van der Waals surface area contributed by atoms with E-state index in [9.17, 15) is 14.4 Å². The molecule has 0 radical (unpaired) electrons. The van der Waals surface area contributed by atoms with Gasteiger partial charge >= 0.3 is 17.9 Å². The zero-order valence-corrected chi connectivity index (χ0v) is 27.6. The van der Waals surface area contributed by atoms with Crippen LogP contribution in [-0.2, 0) is 19.0 Å². The minimum absolute atomic E-state index is 0.0694. The SMILES string of the molecule is C=C1C[C@]23C[C@@H]1CC[C@H]2[C@]1(C)CC[C@@H](OC(=O)c2ccccc2OC)[C@](C)(COC(C)=O)C1C[C@@H]3OC(=O)c1ccccc1OC. The molecule has 4 saturated carbocycles. The molecule has 2 aromatic rings. The van der Waals surface area contributed by atoms with Crippen molar-refractivity contribution in [2.75, 3.05) is 20.8 Å². The Labute approximate surface area is 271 Å². The second-order valence-electron chi connectivity index (χ2n) is 14.4. The van der Waals surface area contributed by atoms with E-state index < -0.39 is 29.6 Å². The van der Waals surface area contributed by atoms with Gasteiger partial charge in [0.2, 0.25) is 0 Å². The predicted molar refractivity (Wildman–Crippen MR) is 172 cm³/mol. The van der Waals surface area contributed by atoms with Gasteiger partial charge in [0.1, 0.15) is 41.4 Å². The first kappa shape index (κ1) is 32.1. The minimum Gasteiger partial charge on any atom is -0.496 e. The van der Waals surface area contributed by atoms with Crippen molar-refractivity contribution in [1.29, 1.82) is 0 Å². The van der Waals surface area contributed by atoms with Gasteiger partial charge in [0.15, 0.2) is 0 Å². The van der Waals surface area contributed by atoms with Crippen molar-refractivity contribution in [3.8, 4) is 11.5 Å². The number of hydrogen-bond donors (Lipinski definition) is 0. The summed E-state index contributed by atoms with van der Waals surface area (Å²) < 4.78 is 29.7. The third-order valence-corrected chi connectivity index (χ3v) is 12.2. The molecule has 4 aliphatic carbocycles. The number of hydrogen-bond acceptors (Lipinski definition) is 8. The van der Waals surface area contributed by atoms with Gasteiger partial charge in [-0.05, 0) is 92.4 Å². The average molecular weight is 631 g/mol. The number of esters is 3. The molecule has 0 amide bonds. The van der Waals surface area contributed by atoms with Gasteiger partial charge in [-0.3, -0.25) is 4.79 Å². The Morgan fingerprint density at radius 2 is 1.41 bits per heavy atom. The summed E-state index contributed by atoms with van der Waals surface area (Å²) in [6, 6.07) is 14.2. The number of fused-ring (bicyclic) bond motifs is 3. The Balaban J connectivity index is 1.39. The third kappa shape index (κ3) is 5.18. The second kappa shape index (κ2) is 12.1. The van der Waals surface area contributed by atoms with Crippen LogP contribution in [-0.4, -0.2) is 50.9 Å². The summed E-state index contributed by atoms with van der Waals surface area (Å²) in [5.41, 5.74) is 0.870. The molecule has 1 unspecified atom stereocenters. The topological polar surface area (TPSA) is 97.4 Å². The highest BCUT2D eigenvalue weighted by Crippen LogP contribution is 2.73. The number of benzene rings is 2. The zero-order valence-electron chi connectivity index (χ0n) is 27.6. The van der Waals surface area contributed by atoms with Gasteiger partial charge in [0.25, 0.3) is 0 Å². The number of rotatable bonds is 8. The lowest BCUT2D eigenvalue weighted by Crippen LogP contribution is -2.66. The zero-order chi connectivity index (χ0) is 32.9. The van der Waals surface area contributed by atoms with Crippen LogP contribution >= 0.6 is 0 Å². The molecule has 0 N–H and O–H groups in total. The van der Waals surface area contributed by atoms with Gasteiger partial charge in [-0.25, -0.2) is 9.59 Å². The molecule has 0 aromatic heterocycles. The number of para-hydroxylation sites is 2. The first-order valence-electron chi connectivity index (χ1n) is 16.5. The summed E-state index contributed by atoms with van der Waals surface area (Å²) in [6.45, 7) is 10.4. The standard InChI is InChI=1S/C38H46O8/c1-23-20-38-21-25(23)15-16-30(38)36(3)18-17-32(45-34(40)26-11-7-9-13-28(26)42-5)37(4,22-44-24(2)39)31(36)19-33(38)46-35(41)27-12-8-10-14-29(27)43-6/h7-14,25,30-33H,1,15-22H2,2-6H3/t25-,30-,31?,32+,33-,36-,37+,38-/m0/s1. The van der Waals surface area contributed by atoms with E-state index in [4.69, 9.17) is 23.7 Å². The van der Waals surface area contributed by atoms with Crippen LogP contribution in [0.5, 0.6) is 11.5 Å². The van der Waals surface area contributed by atoms with Gasteiger partial charge in [-0.2, -0.15) is 0 Å². The van der Waals surface area contributed by atoms with E-state index in [1.165, 1.54) is 19.6 Å². The second-order valence-corrected chi connectivity index (χ2v) is 14.4. The summed E-state index contributed by atoms with van der Waals surface area (Å²) >= 11 is 0. The molecule has 8 atom stereocenters. The van der Waals surface area contributed by atoms with E-state index in [0.717, 1.165) is 32.1 Å². The lowest BCUT2D eigenvalue weighted by atomic mass is 9.40. The van der Waals surface area contributed by atoms with Crippen LogP contribution in [0.15, 0.2) is 60.7 Å². The fourth-order valence-corrected chi connectivity index (χ4v) is 10.1. The number of carbonyl (C=O) groups excluding carboxylic acids is 3. The number of carbonyl (C=O) groups is 3. The molecular weight excluding hydrogens is 584 g/mol. The van der Waals surface area contributed by atoms with Crippen LogP contribution < -0.4 is 9.47 Å². The van der Waals surface area contributed by atoms with E-state index in [-0.39, 0.29) is 35.2 Å². The third-order valence-electron chi connectivity index (χ3n) is 12.2. The van der Waals surface area contributed by atoms with Gasteiger partial charge in [0, 0.05) is 17.8 Å². The van der Waals surface area contributed by atoms with Crippen LogP contribution in [0.2, 0.25) is 0 Å². The van der Waals surface area contributed by atoms with Gasteiger partial charge in [0.05, 0.1) is 14.2 Å². The van der Waals surface area contributed by atoms with Crippen LogP contribution in [0.1, 0.15) is 86.4 Å². The van der Waals surface area contributed by atoms with E-state index >= 15 is 0 Å². The van der Waals surface area contributed by atoms with Crippen molar-refractivity contribution in [3.63, 3.8) is 0 Å².